The summed E-state index contributed by atoms with van der Waals surface area (Å²) in [6.07, 6.45) is 6.20. The smallest absolute Gasteiger partial charge is 0.283 e. The Hall–Kier alpha value is -3.28. The van der Waals surface area contributed by atoms with E-state index in [0.29, 0.717) is 54.2 Å². The monoisotopic (exact) mass is 596 g/mol. The van der Waals surface area contributed by atoms with Gasteiger partial charge >= 0.3 is 0 Å². The van der Waals surface area contributed by atoms with Crippen LogP contribution in [0.2, 0.25) is 0 Å². The molecule has 0 radical (unpaired) electrons. The standard InChI is InChI=1S/C28H32N6O5S2/c1-3-19-4-5-22-20(14-19)15-25(29-22)41(37,38)33-11-12-34(28(36)27-30-23-6-13-39-18-24(23)40-27)21(17-33)16-26(35)32-9-7-31(2)8-10-32/h1,4-5,14-15,21,29H,6-13,16-18H2,2H3. The summed E-state index contributed by atoms with van der Waals surface area (Å²) in [5.74, 6) is 2.21. The summed E-state index contributed by atoms with van der Waals surface area (Å²) in [6, 6.07) is 6.22. The van der Waals surface area contributed by atoms with Gasteiger partial charge in [0.1, 0.15) is 5.03 Å². The van der Waals surface area contributed by atoms with E-state index in [-0.39, 0.29) is 42.9 Å². The van der Waals surface area contributed by atoms with E-state index in [0.717, 1.165) is 23.7 Å². The number of piperazine rings is 2. The number of sulfonamides is 1. The lowest BCUT2D eigenvalue weighted by Gasteiger charge is -2.41. The number of carbonyl (C=O) groups is 2. The molecule has 2 fully saturated rings. The van der Waals surface area contributed by atoms with Gasteiger partial charge in [-0.05, 0) is 31.3 Å². The largest absolute Gasteiger partial charge is 0.375 e. The predicted molar refractivity (Wildman–Crippen MR) is 154 cm³/mol. The molecule has 216 valence electrons. The molecule has 13 heteroatoms. The quantitative estimate of drug-likeness (QED) is 0.442. The van der Waals surface area contributed by atoms with E-state index in [1.54, 1.807) is 34.1 Å². The van der Waals surface area contributed by atoms with Gasteiger partial charge in [-0.15, -0.1) is 17.8 Å². The Morgan fingerprint density at radius 3 is 2.73 bits per heavy atom. The number of ether oxygens (including phenoxy) is 1. The third-order valence-electron chi connectivity index (χ3n) is 8.03. The number of aromatic nitrogens is 2. The molecule has 6 rings (SSSR count). The first kappa shape index (κ1) is 27.9. The average molecular weight is 597 g/mol. The van der Waals surface area contributed by atoms with Crippen LogP contribution >= 0.6 is 11.3 Å². The molecule has 2 aromatic heterocycles. The first-order valence-electron chi connectivity index (χ1n) is 13.7. The molecule has 1 unspecified atom stereocenters. The molecule has 1 N–H and O–H groups in total. The number of carbonyl (C=O) groups excluding carboxylic acids is 2. The van der Waals surface area contributed by atoms with Crippen molar-refractivity contribution in [3.05, 3.63) is 45.4 Å². The first-order valence-corrected chi connectivity index (χ1v) is 15.9. The second kappa shape index (κ2) is 11.2. The highest BCUT2D eigenvalue weighted by Gasteiger charge is 2.40. The molecule has 1 atom stereocenters. The van der Waals surface area contributed by atoms with Crippen molar-refractivity contribution in [3.63, 3.8) is 0 Å². The second-order valence-electron chi connectivity index (χ2n) is 10.7. The summed E-state index contributed by atoms with van der Waals surface area (Å²) < 4.78 is 34.5. The van der Waals surface area contributed by atoms with Gasteiger partial charge in [0.05, 0.1) is 29.8 Å². The number of rotatable bonds is 5. The van der Waals surface area contributed by atoms with Gasteiger partial charge in [0.15, 0.2) is 5.01 Å². The van der Waals surface area contributed by atoms with Crippen LogP contribution < -0.4 is 0 Å². The van der Waals surface area contributed by atoms with Crippen molar-refractivity contribution in [3.8, 4) is 12.3 Å². The number of hydrogen-bond acceptors (Lipinski definition) is 8. The zero-order chi connectivity index (χ0) is 28.7. The van der Waals surface area contributed by atoms with E-state index in [1.165, 1.54) is 15.6 Å². The summed E-state index contributed by atoms with van der Waals surface area (Å²) in [5.41, 5.74) is 2.20. The molecule has 3 aliphatic rings. The highest BCUT2D eigenvalue weighted by molar-refractivity contribution is 7.89. The molecule has 11 nitrogen and oxygen atoms in total. The van der Waals surface area contributed by atoms with Crippen molar-refractivity contribution in [2.75, 3.05) is 59.5 Å². The molecule has 41 heavy (non-hydrogen) atoms. The molecule has 0 aliphatic carbocycles. The van der Waals surface area contributed by atoms with Crippen molar-refractivity contribution < 1.29 is 22.7 Å². The fraction of sp³-hybridized carbons (Fsp3) is 0.464. The summed E-state index contributed by atoms with van der Waals surface area (Å²) in [4.78, 5) is 41.3. The molecule has 0 saturated carbocycles. The molecule has 2 saturated heterocycles. The fourth-order valence-electron chi connectivity index (χ4n) is 5.59. The minimum absolute atomic E-state index is 0.00667. The minimum Gasteiger partial charge on any atom is -0.375 e. The Morgan fingerprint density at radius 1 is 1.17 bits per heavy atom. The van der Waals surface area contributed by atoms with Gasteiger partial charge < -0.3 is 24.4 Å². The molecule has 2 amide bonds. The van der Waals surface area contributed by atoms with Crippen LogP contribution in [0.15, 0.2) is 29.3 Å². The number of H-pyrrole nitrogens is 1. The van der Waals surface area contributed by atoms with Crippen molar-refractivity contribution in [2.45, 2.75) is 30.5 Å². The van der Waals surface area contributed by atoms with Crippen LogP contribution in [0, 0.1) is 12.3 Å². The average Bonchev–Trinajstić information content (AvgIpc) is 3.61. The fourth-order valence-corrected chi connectivity index (χ4v) is 8.07. The van der Waals surface area contributed by atoms with Gasteiger partial charge in [-0.2, -0.15) is 4.31 Å². The number of nitrogens with zero attached hydrogens (tertiary/aromatic N) is 5. The Kier molecular flexibility index (Phi) is 7.60. The van der Waals surface area contributed by atoms with Gasteiger partial charge in [0.2, 0.25) is 5.91 Å². The van der Waals surface area contributed by atoms with E-state index < -0.39 is 16.1 Å². The number of amides is 2. The molecule has 3 aliphatic heterocycles. The first-order chi connectivity index (χ1) is 19.7. The summed E-state index contributed by atoms with van der Waals surface area (Å²) in [6.45, 7) is 4.02. The number of hydrogen-bond donors (Lipinski definition) is 1. The minimum atomic E-state index is -3.93. The number of fused-ring (bicyclic) bond motifs is 2. The Balaban J connectivity index is 1.26. The third kappa shape index (κ3) is 5.50. The highest BCUT2D eigenvalue weighted by Crippen LogP contribution is 2.29. The van der Waals surface area contributed by atoms with Crippen LogP contribution in [-0.2, 0) is 32.6 Å². The van der Waals surface area contributed by atoms with Crippen LogP contribution in [0.5, 0.6) is 0 Å². The van der Waals surface area contributed by atoms with Gasteiger partial charge in [-0.3, -0.25) is 9.59 Å². The molecule has 0 spiro atoms. The van der Waals surface area contributed by atoms with Crippen LogP contribution in [0.4, 0.5) is 0 Å². The van der Waals surface area contributed by atoms with E-state index >= 15 is 0 Å². The van der Waals surface area contributed by atoms with Gasteiger partial charge in [0.25, 0.3) is 15.9 Å². The number of nitrogens with one attached hydrogen (secondary N) is 1. The summed E-state index contributed by atoms with van der Waals surface area (Å²) >= 11 is 1.32. The zero-order valence-corrected chi connectivity index (χ0v) is 24.5. The Bertz CT molecular complexity index is 1610. The predicted octanol–water partition coefficient (Wildman–Crippen LogP) is 1.36. The number of benzene rings is 1. The maximum absolute atomic E-state index is 13.8. The molecule has 1 aromatic carbocycles. The molecule has 5 heterocycles. The summed E-state index contributed by atoms with van der Waals surface area (Å²) in [7, 11) is -1.92. The number of thiazole rings is 1. The normalized spacial score (nSPS) is 20.6. The Morgan fingerprint density at radius 2 is 1.98 bits per heavy atom. The lowest BCUT2D eigenvalue weighted by atomic mass is 10.1. The molecule has 0 bridgehead atoms. The van der Waals surface area contributed by atoms with Crippen molar-refractivity contribution in [2.24, 2.45) is 0 Å². The van der Waals surface area contributed by atoms with Crippen LogP contribution in [0.1, 0.15) is 32.4 Å². The van der Waals surface area contributed by atoms with E-state index in [1.807, 2.05) is 7.05 Å². The number of terminal acetylenes is 1. The number of aromatic amines is 1. The van der Waals surface area contributed by atoms with Crippen LogP contribution in [-0.4, -0.2) is 115 Å². The van der Waals surface area contributed by atoms with E-state index in [9.17, 15) is 18.0 Å². The number of likely N-dealkylation sites (N-methyl/N-ethyl adjacent to an activating group) is 1. The maximum Gasteiger partial charge on any atom is 0.283 e. The van der Waals surface area contributed by atoms with Crippen molar-refractivity contribution >= 4 is 44.1 Å². The van der Waals surface area contributed by atoms with Crippen LogP contribution in [0.3, 0.4) is 0 Å². The molecule has 3 aromatic rings. The summed E-state index contributed by atoms with van der Waals surface area (Å²) in [5, 5.41) is 1.11. The SMILES string of the molecule is C#Cc1ccc2[nH]c(S(=O)(=O)N3CCN(C(=O)c4nc5c(s4)COCC5)C(CC(=O)N4CCN(C)CC4)C3)cc2c1. The Labute approximate surface area is 243 Å². The van der Waals surface area contributed by atoms with Gasteiger partial charge in [-0.1, -0.05) is 5.92 Å². The lowest BCUT2D eigenvalue weighted by Crippen LogP contribution is -2.58. The van der Waals surface area contributed by atoms with Gasteiger partial charge in [-0.25, -0.2) is 13.4 Å². The molecular weight excluding hydrogens is 564 g/mol. The highest BCUT2D eigenvalue weighted by atomic mass is 32.2. The third-order valence-corrected chi connectivity index (χ3v) is 10.9. The van der Waals surface area contributed by atoms with Crippen molar-refractivity contribution in [1.29, 1.82) is 0 Å². The molecular formula is C28H32N6O5S2. The van der Waals surface area contributed by atoms with E-state index in [4.69, 9.17) is 11.2 Å². The van der Waals surface area contributed by atoms with Crippen molar-refractivity contribution in [1.82, 2.24) is 29.0 Å². The second-order valence-corrected chi connectivity index (χ2v) is 13.7. The van der Waals surface area contributed by atoms with Gasteiger partial charge in [0, 0.05) is 75.1 Å². The lowest BCUT2D eigenvalue weighted by molar-refractivity contribution is -0.134. The topological polar surface area (TPSA) is 119 Å². The zero-order valence-electron chi connectivity index (χ0n) is 22.8. The maximum atomic E-state index is 13.8. The van der Waals surface area contributed by atoms with E-state index in [2.05, 4.69) is 20.8 Å². The van der Waals surface area contributed by atoms with Crippen LogP contribution in [0.25, 0.3) is 10.9 Å².